The van der Waals surface area contributed by atoms with Crippen LogP contribution in [0.25, 0.3) is 0 Å². The van der Waals surface area contributed by atoms with Crippen molar-refractivity contribution in [3.63, 3.8) is 0 Å². The zero-order valence-corrected chi connectivity index (χ0v) is 16.2. The fourth-order valence-electron chi connectivity index (χ4n) is 4.50. The van der Waals surface area contributed by atoms with Crippen molar-refractivity contribution in [1.82, 2.24) is 4.31 Å². The third-order valence-corrected chi connectivity index (χ3v) is 8.50. The molecule has 0 spiro atoms. The Bertz CT molecular complexity index is 680. The lowest BCUT2D eigenvalue weighted by Crippen LogP contribution is -2.37. The molecular weight excluding hydrogens is 370 g/mol. The number of thiophene rings is 1. The van der Waals surface area contributed by atoms with Gasteiger partial charge in [0.05, 0.1) is 8.68 Å². The highest BCUT2D eigenvalue weighted by Gasteiger charge is 2.53. The molecule has 2 atom stereocenters. The van der Waals surface area contributed by atoms with Gasteiger partial charge in [-0.05, 0) is 59.0 Å². The summed E-state index contributed by atoms with van der Waals surface area (Å²) in [5, 5.41) is 0. The van der Waals surface area contributed by atoms with Crippen molar-refractivity contribution in [2.45, 2.75) is 57.9 Å². The molecule has 21 heavy (non-hydrogen) atoms. The van der Waals surface area contributed by atoms with Gasteiger partial charge in [-0.3, -0.25) is 0 Å². The second kappa shape index (κ2) is 4.79. The van der Waals surface area contributed by atoms with Crippen LogP contribution in [0.3, 0.4) is 0 Å². The van der Waals surface area contributed by atoms with Gasteiger partial charge >= 0.3 is 0 Å². The molecule has 0 N–H and O–H groups in total. The van der Waals surface area contributed by atoms with Crippen LogP contribution in [0.5, 0.6) is 0 Å². The Balaban J connectivity index is 2.00. The van der Waals surface area contributed by atoms with E-state index in [4.69, 9.17) is 0 Å². The van der Waals surface area contributed by atoms with E-state index in [0.717, 1.165) is 27.9 Å². The number of sulfonamides is 1. The van der Waals surface area contributed by atoms with Gasteiger partial charge in [-0.25, -0.2) is 8.42 Å². The monoisotopic (exact) mass is 391 g/mol. The average molecular weight is 392 g/mol. The third kappa shape index (κ3) is 2.73. The minimum Gasteiger partial charge on any atom is -0.207 e. The molecule has 1 aromatic rings. The lowest BCUT2D eigenvalue weighted by molar-refractivity contribution is 0.133. The van der Waals surface area contributed by atoms with Gasteiger partial charge in [0.2, 0.25) is 10.0 Å². The van der Waals surface area contributed by atoms with Crippen molar-refractivity contribution in [3.05, 3.63) is 14.7 Å². The molecule has 3 nitrogen and oxygen atoms in total. The molecule has 1 aliphatic carbocycles. The molecule has 1 saturated carbocycles. The summed E-state index contributed by atoms with van der Waals surface area (Å²) in [5.74, 6) is 0. The van der Waals surface area contributed by atoms with Crippen molar-refractivity contribution in [3.8, 4) is 0 Å². The number of hydrogen-bond donors (Lipinski definition) is 0. The van der Waals surface area contributed by atoms with Crippen molar-refractivity contribution >= 4 is 37.3 Å². The fourth-order valence-corrected chi connectivity index (χ4v) is 8.66. The molecule has 3 rings (SSSR count). The Morgan fingerprint density at radius 3 is 2.57 bits per heavy atom. The minimum absolute atomic E-state index is 0.126. The van der Waals surface area contributed by atoms with Gasteiger partial charge in [-0.15, -0.1) is 11.3 Å². The van der Waals surface area contributed by atoms with Crippen LogP contribution in [0.1, 0.15) is 44.9 Å². The Kier molecular flexibility index (Phi) is 3.64. The normalized spacial score (nSPS) is 32.5. The van der Waals surface area contributed by atoms with Gasteiger partial charge in [0.15, 0.2) is 0 Å². The molecule has 2 fully saturated rings. The number of aryl methyl sites for hydroxylation is 1. The van der Waals surface area contributed by atoms with E-state index in [9.17, 15) is 8.42 Å². The molecule has 2 heterocycles. The van der Waals surface area contributed by atoms with E-state index in [0.29, 0.717) is 11.4 Å². The van der Waals surface area contributed by atoms with E-state index in [2.05, 4.69) is 36.7 Å². The predicted molar refractivity (Wildman–Crippen MR) is 90.2 cm³/mol. The second-order valence-electron chi connectivity index (χ2n) is 7.73. The van der Waals surface area contributed by atoms with E-state index in [-0.39, 0.29) is 16.9 Å². The quantitative estimate of drug-likeness (QED) is 0.748. The summed E-state index contributed by atoms with van der Waals surface area (Å²) in [6, 6.07) is 1.91. The van der Waals surface area contributed by atoms with Crippen LogP contribution in [0, 0.1) is 17.8 Å². The summed E-state index contributed by atoms with van der Waals surface area (Å²) in [6.07, 6.45) is 3.07. The van der Waals surface area contributed by atoms with Crippen molar-refractivity contribution in [2.75, 3.05) is 6.54 Å². The highest BCUT2D eigenvalue weighted by molar-refractivity contribution is 9.11. The van der Waals surface area contributed by atoms with Crippen LogP contribution in [0.2, 0.25) is 0 Å². The minimum atomic E-state index is -3.38. The smallest absolute Gasteiger partial charge is 0.207 e. The number of halogens is 1. The molecule has 6 heteroatoms. The summed E-state index contributed by atoms with van der Waals surface area (Å²) in [6.45, 7) is 9.32. The third-order valence-electron chi connectivity index (χ3n) is 4.80. The summed E-state index contributed by atoms with van der Waals surface area (Å²) < 4.78 is 28.8. The first kappa shape index (κ1) is 16.0. The highest BCUT2D eigenvalue weighted by atomic mass is 79.9. The lowest BCUT2D eigenvalue weighted by Gasteiger charge is -2.39. The molecule has 2 aliphatic rings. The Morgan fingerprint density at radius 2 is 2.00 bits per heavy atom. The summed E-state index contributed by atoms with van der Waals surface area (Å²) in [5.41, 5.74) is 0.354. The number of rotatable bonds is 2. The molecule has 2 unspecified atom stereocenters. The van der Waals surface area contributed by atoms with E-state index in [1.807, 2.05) is 6.92 Å². The number of hydrogen-bond acceptors (Lipinski definition) is 3. The van der Waals surface area contributed by atoms with Crippen LogP contribution in [0.4, 0.5) is 0 Å². The van der Waals surface area contributed by atoms with E-state index < -0.39 is 10.0 Å². The van der Waals surface area contributed by atoms with Gasteiger partial charge in [-0.1, -0.05) is 20.8 Å². The van der Waals surface area contributed by atoms with Crippen molar-refractivity contribution in [2.24, 2.45) is 10.8 Å². The number of nitrogens with zero attached hydrogens (tertiary/aromatic N) is 1. The van der Waals surface area contributed by atoms with Gasteiger partial charge in [0.1, 0.15) is 0 Å². The van der Waals surface area contributed by atoms with E-state index >= 15 is 0 Å². The molecule has 0 aromatic carbocycles. The first-order valence-corrected chi connectivity index (χ1v) is 10.4. The molecule has 0 radical (unpaired) electrons. The molecule has 1 aromatic heterocycles. The largest absolute Gasteiger partial charge is 0.244 e. The van der Waals surface area contributed by atoms with Gasteiger partial charge in [-0.2, -0.15) is 4.31 Å². The Labute approximate surface area is 139 Å². The number of fused-ring (bicyclic) bond motifs is 2. The van der Waals surface area contributed by atoms with Gasteiger partial charge in [0.25, 0.3) is 0 Å². The molecule has 1 saturated heterocycles. The maximum atomic E-state index is 13.1. The van der Waals surface area contributed by atoms with Crippen molar-refractivity contribution < 1.29 is 8.42 Å². The summed E-state index contributed by atoms with van der Waals surface area (Å²) >= 11 is 4.89. The van der Waals surface area contributed by atoms with Gasteiger partial charge < -0.3 is 0 Å². The highest BCUT2D eigenvalue weighted by Crippen LogP contribution is 2.54. The fraction of sp³-hybridized carbons (Fsp3) is 0.733. The second-order valence-corrected chi connectivity index (χ2v) is 12.2. The zero-order chi connectivity index (χ0) is 15.6. The van der Waals surface area contributed by atoms with Crippen LogP contribution in [-0.2, 0) is 10.0 Å². The van der Waals surface area contributed by atoms with Crippen LogP contribution in [-0.4, -0.2) is 25.3 Å². The molecular formula is C15H22BrNO2S2. The van der Waals surface area contributed by atoms with Crippen LogP contribution >= 0.6 is 27.3 Å². The Morgan fingerprint density at radius 1 is 1.33 bits per heavy atom. The maximum Gasteiger partial charge on any atom is 0.244 e. The molecule has 118 valence electrons. The van der Waals surface area contributed by atoms with Crippen LogP contribution in [0.15, 0.2) is 14.7 Å². The van der Waals surface area contributed by atoms with E-state index in [1.165, 1.54) is 11.3 Å². The summed E-state index contributed by atoms with van der Waals surface area (Å²) in [4.78, 5) is 1.35. The first-order valence-electron chi connectivity index (χ1n) is 7.30. The standard InChI is InChI=1S/C15H22BrNO2S2/c1-10-12(5-13(16)20-10)21(18,19)17-9-15(4)7-11(17)6-14(2,3)8-15/h5,11H,6-9H2,1-4H3. The molecule has 0 amide bonds. The Hall–Kier alpha value is 0.0900. The zero-order valence-electron chi connectivity index (χ0n) is 12.9. The van der Waals surface area contributed by atoms with Gasteiger partial charge in [0, 0.05) is 17.5 Å². The van der Waals surface area contributed by atoms with Crippen molar-refractivity contribution in [1.29, 1.82) is 0 Å². The van der Waals surface area contributed by atoms with E-state index in [1.54, 1.807) is 10.4 Å². The van der Waals surface area contributed by atoms with Crippen LogP contribution < -0.4 is 0 Å². The molecule has 2 bridgehead atoms. The maximum absolute atomic E-state index is 13.1. The molecule has 1 aliphatic heterocycles. The SMILES string of the molecule is Cc1sc(Br)cc1S(=O)(=O)N1CC2(C)CC1CC(C)(C)C2. The first-order chi connectivity index (χ1) is 9.52. The average Bonchev–Trinajstić information content (AvgIpc) is 2.75. The lowest BCUT2D eigenvalue weighted by atomic mass is 9.65. The predicted octanol–water partition coefficient (Wildman–Crippen LogP) is 4.41. The topological polar surface area (TPSA) is 37.4 Å². The summed E-state index contributed by atoms with van der Waals surface area (Å²) in [7, 11) is -3.38.